The second-order valence-electron chi connectivity index (χ2n) is 6.25. The van der Waals surface area contributed by atoms with Gasteiger partial charge >= 0.3 is 58.9 Å². The number of alkyl halides is 19. The number of rotatable bonds is 11. The number of carboxylic acids is 1. The van der Waals surface area contributed by atoms with Crippen LogP contribution >= 0.6 is 0 Å². The lowest BCUT2D eigenvalue weighted by atomic mass is 9.89. The van der Waals surface area contributed by atoms with Gasteiger partial charge in [-0.15, -0.1) is 0 Å². The first-order valence-electron chi connectivity index (χ1n) is 7.47. The van der Waals surface area contributed by atoms with E-state index in [1.807, 2.05) is 0 Å². The van der Waals surface area contributed by atoms with Crippen molar-refractivity contribution in [2.45, 2.75) is 52.9 Å². The Bertz CT molecular complexity index is 953. The number of carbonyl (C=O) groups is 1. The van der Waals surface area contributed by atoms with Crippen molar-refractivity contribution in [3.8, 4) is 0 Å². The van der Waals surface area contributed by atoms with Crippen molar-refractivity contribution < 1.29 is 102 Å². The molecule has 0 aliphatic carbocycles. The van der Waals surface area contributed by atoms with Gasteiger partial charge in [-0.3, -0.25) is 4.79 Å². The number of aliphatic carboxylic acids is 1. The Balaban J connectivity index is 7.03. The molecule has 25 heteroatoms. The second-order valence-corrected chi connectivity index (χ2v) is 8.06. The van der Waals surface area contributed by atoms with Gasteiger partial charge in [-0.1, -0.05) is 0 Å². The smallest absolute Gasteiger partial charge is 0.460 e. The maximum atomic E-state index is 13.5. The van der Waals surface area contributed by atoms with E-state index in [1.54, 1.807) is 0 Å². The van der Waals surface area contributed by atoms with E-state index in [0.29, 0.717) is 0 Å². The van der Waals surface area contributed by atoms with Gasteiger partial charge in [-0.05, 0) is 0 Å². The molecule has 0 aliphatic rings. The van der Waals surface area contributed by atoms with Gasteiger partial charge in [0.25, 0.3) is 10.0 Å². The quantitative estimate of drug-likeness (QED) is 0.337. The van der Waals surface area contributed by atoms with Crippen LogP contribution in [0.25, 0.3) is 0 Å². The average Bonchev–Trinajstić information content (AvgIpc) is 2.64. The number of hydrogen-bond acceptors (Lipinski definition) is 3. The Morgan fingerprint density at radius 2 is 0.778 bits per heavy atom. The largest absolute Gasteiger partial charge is 0.480 e. The van der Waals surface area contributed by atoms with E-state index < -0.39 is 75.4 Å². The minimum absolute atomic E-state index is 0.157. The number of carboxylic acid groups (broad SMARTS) is 1. The lowest BCUT2D eigenvalue weighted by Crippen LogP contribution is -2.76. The van der Waals surface area contributed by atoms with Crippen LogP contribution in [0, 0.1) is 0 Å². The summed E-state index contributed by atoms with van der Waals surface area (Å²) in [7, 11) is -7.68. The van der Waals surface area contributed by atoms with E-state index in [9.17, 15) is 96.6 Å². The molecule has 0 amide bonds. The third-order valence-electron chi connectivity index (χ3n) is 3.84. The molecular formula is C11H4F19NO4S. The predicted molar refractivity (Wildman–Crippen MR) is 70.2 cm³/mol. The summed E-state index contributed by atoms with van der Waals surface area (Å²) >= 11 is 0. The summed E-state index contributed by atoms with van der Waals surface area (Å²) in [5.74, 6) is -65.0. The van der Waals surface area contributed by atoms with Gasteiger partial charge in [0.05, 0.1) is 0 Å². The Labute approximate surface area is 183 Å². The first kappa shape index (κ1) is 34.0. The Morgan fingerprint density at radius 3 is 1.03 bits per heavy atom. The highest BCUT2D eigenvalue weighted by atomic mass is 32.2. The zero-order chi connectivity index (χ0) is 30.0. The molecule has 0 aromatic heterocycles. The van der Waals surface area contributed by atoms with E-state index in [-0.39, 0.29) is 4.72 Å². The summed E-state index contributed by atoms with van der Waals surface area (Å²) in [5.41, 5.74) is 0. The third kappa shape index (κ3) is 4.27. The van der Waals surface area contributed by atoms with Crippen molar-refractivity contribution in [2.75, 3.05) is 6.54 Å². The maximum absolute atomic E-state index is 13.5. The minimum atomic E-state index is -9.19. The van der Waals surface area contributed by atoms with Crippen LogP contribution in [0.3, 0.4) is 0 Å². The normalized spacial score (nSPS) is 16.3. The molecular weight excluding hydrogens is 603 g/mol. The molecule has 2 N–H and O–H groups in total. The fourth-order valence-corrected chi connectivity index (χ4v) is 2.72. The van der Waals surface area contributed by atoms with Crippen LogP contribution in [0.2, 0.25) is 0 Å². The summed E-state index contributed by atoms with van der Waals surface area (Å²) in [6, 6.07) is 0. The number of hydrogen-bond donors (Lipinski definition) is 2. The molecule has 0 saturated heterocycles. The topological polar surface area (TPSA) is 83.5 Å². The van der Waals surface area contributed by atoms with Crippen LogP contribution in [0.4, 0.5) is 83.4 Å². The molecule has 36 heavy (non-hydrogen) atoms. The molecule has 0 heterocycles. The van der Waals surface area contributed by atoms with Crippen LogP contribution in [0.5, 0.6) is 0 Å². The lowest BCUT2D eigenvalue weighted by Gasteiger charge is -2.43. The van der Waals surface area contributed by atoms with Gasteiger partial charge in [0, 0.05) is 0 Å². The molecule has 0 fully saturated rings. The number of halogens is 19. The molecule has 0 radical (unpaired) electrons. The van der Waals surface area contributed by atoms with Crippen LogP contribution in [0.1, 0.15) is 0 Å². The van der Waals surface area contributed by atoms with Gasteiger partial charge in [-0.25, -0.2) is 8.42 Å². The Morgan fingerprint density at radius 1 is 0.528 bits per heavy atom. The molecule has 0 spiro atoms. The summed E-state index contributed by atoms with van der Waals surface area (Å²) in [5, 5.41) is 0.111. The maximum Gasteiger partial charge on any atom is 0.460 e. The first-order valence-corrected chi connectivity index (χ1v) is 8.95. The van der Waals surface area contributed by atoms with Crippen LogP contribution in [0.15, 0.2) is 0 Å². The highest BCUT2D eigenvalue weighted by molar-refractivity contribution is 7.90. The van der Waals surface area contributed by atoms with Gasteiger partial charge in [0.15, 0.2) is 0 Å². The van der Waals surface area contributed by atoms with Crippen molar-refractivity contribution in [3.63, 3.8) is 0 Å². The van der Waals surface area contributed by atoms with Crippen molar-refractivity contribution in [2.24, 2.45) is 0 Å². The van der Waals surface area contributed by atoms with E-state index in [1.165, 1.54) is 0 Å². The van der Waals surface area contributed by atoms with Crippen LogP contribution < -0.4 is 4.72 Å². The molecule has 0 aliphatic heterocycles. The van der Waals surface area contributed by atoms with Gasteiger partial charge in [0.1, 0.15) is 6.54 Å². The molecule has 0 aromatic carbocycles. The van der Waals surface area contributed by atoms with Crippen molar-refractivity contribution in [3.05, 3.63) is 0 Å². The molecule has 5 nitrogen and oxygen atoms in total. The molecule has 0 bridgehead atoms. The Hall–Kier alpha value is -1.95. The molecule has 0 aromatic rings. The zero-order valence-electron chi connectivity index (χ0n) is 15.5. The van der Waals surface area contributed by atoms with Crippen molar-refractivity contribution in [1.29, 1.82) is 0 Å². The van der Waals surface area contributed by atoms with Gasteiger partial charge < -0.3 is 5.11 Å². The highest BCUT2D eigenvalue weighted by Crippen LogP contribution is 2.65. The average molecular weight is 607 g/mol. The zero-order valence-corrected chi connectivity index (χ0v) is 16.3. The predicted octanol–water partition coefficient (Wildman–Crippen LogP) is 4.59. The summed E-state index contributed by atoms with van der Waals surface area (Å²) < 4.78 is 270. The van der Waals surface area contributed by atoms with E-state index in [4.69, 9.17) is 5.11 Å². The van der Waals surface area contributed by atoms with Crippen LogP contribution in [-0.2, 0) is 14.8 Å². The molecule has 0 atom stereocenters. The Kier molecular flexibility index (Phi) is 8.08. The van der Waals surface area contributed by atoms with Crippen molar-refractivity contribution >= 4 is 16.0 Å². The minimum Gasteiger partial charge on any atom is -0.480 e. The van der Waals surface area contributed by atoms with E-state index >= 15 is 0 Å². The SMILES string of the molecule is O=C(O)CNS(=O)(=O)C(F)(F)C(F)(F)C(F)(F)C(F)(F)C(F)(F)C(F)(F)C(F)(F)C(F)(F)C(F)(F)F. The lowest BCUT2D eigenvalue weighted by molar-refractivity contribution is -0.466. The fourth-order valence-electron chi connectivity index (χ4n) is 1.76. The fraction of sp³-hybridized carbons (Fsp3) is 0.909. The first-order chi connectivity index (χ1) is 15.2. The third-order valence-corrected chi connectivity index (χ3v) is 5.29. The molecule has 0 unspecified atom stereocenters. The van der Waals surface area contributed by atoms with Crippen LogP contribution in [-0.4, -0.2) is 78.9 Å². The molecule has 0 saturated carbocycles. The number of nitrogens with one attached hydrogen (secondary N) is 1. The van der Waals surface area contributed by atoms with Gasteiger partial charge in [-0.2, -0.15) is 88.1 Å². The molecule has 0 rings (SSSR count). The second kappa shape index (κ2) is 8.54. The van der Waals surface area contributed by atoms with E-state index in [0.717, 1.165) is 0 Å². The highest BCUT2D eigenvalue weighted by Gasteiger charge is 2.97. The summed E-state index contributed by atoms with van der Waals surface area (Å²) in [6.45, 7) is -2.43. The van der Waals surface area contributed by atoms with Gasteiger partial charge in [0.2, 0.25) is 0 Å². The monoisotopic (exact) mass is 607 g/mol. The summed E-state index contributed by atoms with van der Waals surface area (Å²) in [6.07, 6.45) is -8.02. The number of sulfonamides is 1. The standard InChI is InChI=1S/C11H4F19NO4S/c12-3(13,4(14,15)6(18,19)8(22,23)10(26,27)28)5(16,17)7(20,21)9(24,25)11(29,30)36(34,35)31-1-2(32)33/h31H,1H2,(H,32,33). The van der Waals surface area contributed by atoms with E-state index in [2.05, 4.69) is 0 Å². The molecule has 216 valence electrons. The summed E-state index contributed by atoms with van der Waals surface area (Å²) in [4.78, 5) is 10.0. The van der Waals surface area contributed by atoms with Crippen molar-refractivity contribution in [1.82, 2.24) is 4.72 Å².